The standard InChI is InChI=1S/C14H20N4O.C2H6/c1-11-3-4-12-13(9-11)18(14(19)10-17-12)8-7-16-6-2-5-15;1-2/h3-4,9-10,16H,2,5-8,15H2,1H3;1-2H3. The van der Waals surface area contributed by atoms with Gasteiger partial charge in [-0.25, -0.2) is 4.98 Å². The molecule has 116 valence electrons. The molecule has 0 amide bonds. The van der Waals surface area contributed by atoms with E-state index >= 15 is 0 Å². The Morgan fingerprint density at radius 2 is 2.05 bits per heavy atom. The van der Waals surface area contributed by atoms with Gasteiger partial charge in [-0.1, -0.05) is 19.9 Å². The van der Waals surface area contributed by atoms with Crippen LogP contribution >= 0.6 is 0 Å². The van der Waals surface area contributed by atoms with Crippen LogP contribution in [-0.2, 0) is 6.54 Å². The maximum absolute atomic E-state index is 11.9. The zero-order valence-electron chi connectivity index (χ0n) is 13.2. The third-order valence-corrected chi connectivity index (χ3v) is 3.07. The van der Waals surface area contributed by atoms with Crippen molar-refractivity contribution in [2.75, 3.05) is 19.6 Å². The molecule has 2 rings (SSSR count). The molecule has 2 aromatic rings. The molecule has 0 saturated heterocycles. The Balaban J connectivity index is 0.00000106. The lowest BCUT2D eigenvalue weighted by Gasteiger charge is -2.10. The fourth-order valence-electron chi connectivity index (χ4n) is 2.05. The summed E-state index contributed by atoms with van der Waals surface area (Å²) < 4.78 is 1.77. The van der Waals surface area contributed by atoms with Crippen molar-refractivity contribution >= 4 is 11.0 Å². The molecule has 5 heteroatoms. The Kier molecular flexibility index (Phi) is 7.64. The van der Waals surface area contributed by atoms with Gasteiger partial charge in [0.05, 0.1) is 17.2 Å². The van der Waals surface area contributed by atoms with E-state index in [4.69, 9.17) is 5.73 Å². The van der Waals surface area contributed by atoms with E-state index in [2.05, 4.69) is 10.3 Å². The number of hydrogen-bond acceptors (Lipinski definition) is 4. The zero-order chi connectivity index (χ0) is 15.7. The Bertz CT molecular complexity index is 607. The molecule has 0 unspecified atom stereocenters. The molecule has 1 aromatic carbocycles. The van der Waals surface area contributed by atoms with E-state index in [1.54, 1.807) is 4.57 Å². The summed E-state index contributed by atoms with van der Waals surface area (Å²) in [6.45, 7) is 8.98. The van der Waals surface area contributed by atoms with Crippen molar-refractivity contribution in [1.29, 1.82) is 0 Å². The Labute approximate surface area is 126 Å². The third-order valence-electron chi connectivity index (χ3n) is 3.07. The number of nitrogens with two attached hydrogens (primary N) is 1. The van der Waals surface area contributed by atoms with Crippen LogP contribution in [0.1, 0.15) is 25.8 Å². The summed E-state index contributed by atoms with van der Waals surface area (Å²) >= 11 is 0. The van der Waals surface area contributed by atoms with Crippen molar-refractivity contribution in [2.45, 2.75) is 33.7 Å². The first-order chi connectivity index (χ1) is 10.2. The first-order valence-corrected chi connectivity index (χ1v) is 7.59. The van der Waals surface area contributed by atoms with Gasteiger partial charge in [0.1, 0.15) is 0 Å². The second-order valence-electron chi connectivity index (χ2n) is 4.63. The second-order valence-corrected chi connectivity index (χ2v) is 4.63. The molecule has 0 bridgehead atoms. The van der Waals surface area contributed by atoms with Crippen LogP contribution in [0.2, 0.25) is 0 Å². The normalized spacial score (nSPS) is 10.3. The van der Waals surface area contributed by atoms with Crippen molar-refractivity contribution in [3.05, 3.63) is 40.3 Å². The summed E-state index contributed by atoms with van der Waals surface area (Å²) in [5, 5.41) is 3.28. The van der Waals surface area contributed by atoms with E-state index in [9.17, 15) is 4.79 Å². The first-order valence-electron chi connectivity index (χ1n) is 7.59. The molecular weight excluding hydrogens is 264 g/mol. The lowest BCUT2D eigenvalue weighted by atomic mass is 10.2. The molecule has 21 heavy (non-hydrogen) atoms. The van der Waals surface area contributed by atoms with Crippen LogP contribution < -0.4 is 16.6 Å². The largest absolute Gasteiger partial charge is 0.330 e. The lowest BCUT2D eigenvalue weighted by molar-refractivity contribution is 0.585. The smallest absolute Gasteiger partial charge is 0.269 e. The van der Waals surface area contributed by atoms with Crippen molar-refractivity contribution in [2.24, 2.45) is 5.73 Å². The molecule has 1 heterocycles. The van der Waals surface area contributed by atoms with Gasteiger partial charge in [-0.2, -0.15) is 0 Å². The van der Waals surface area contributed by atoms with Crippen molar-refractivity contribution in [1.82, 2.24) is 14.9 Å². The van der Waals surface area contributed by atoms with Crippen LogP contribution in [0.3, 0.4) is 0 Å². The summed E-state index contributed by atoms with van der Waals surface area (Å²) in [5.74, 6) is 0. The SMILES string of the molecule is CC.Cc1ccc2ncc(=O)n(CCNCCCN)c2c1. The lowest BCUT2D eigenvalue weighted by Crippen LogP contribution is -2.28. The van der Waals surface area contributed by atoms with Crippen LogP contribution in [0, 0.1) is 6.92 Å². The topological polar surface area (TPSA) is 72.9 Å². The average molecular weight is 290 g/mol. The van der Waals surface area contributed by atoms with Crippen LogP contribution in [0.5, 0.6) is 0 Å². The molecule has 3 N–H and O–H groups in total. The number of benzene rings is 1. The van der Waals surface area contributed by atoms with Crippen LogP contribution in [-0.4, -0.2) is 29.2 Å². The molecule has 0 radical (unpaired) electrons. The van der Waals surface area contributed by atoms with Gasteiger partial charge in [0.15, 0.2) is 0 Å². The van der Waals surface area contributed by atoms with Crippen molar-refractivity contribution in [3.8, 4) is 0 Å². The van der Waals surface area contributed by atoms with Crippen molar-refractivity contribution < 1.29 is 0 Å². The molecule has 0 atom stereocenters. The Morgan fingerprint density at radius 3 is 2.76 bits per heavy atom. The summed E-state index contributed by atoms with van der Waals surface area (Å²) in [6, 6.07) is 5.95. The molecule has 5 nitrogen and oxygen atoms in total. The second kappa shape index (κ2) is 9.26. The molecule has 0 aliphatic rings. The van der Waals surface area contributed by atoms with Gasteiger partial charge in [-0.05, 0) is 44.1 Å². The molecular formula is C16H26N4O. The average Bonchev–Trinajstić information content (AvgIpc) is 2.51. The third kappa shape index (κ3) is 4.95. The van der Waals surface area contributed by atoms with Crippen LogP contribution in [0.25, 0.3) is 11.0 Å². The highest BCUT2D eigenvalue weighted by molar-refractivity contribution is 5.75. The van der Waals surface area contributed by atoms with E-state index in [1.807, 2.05) is 39.0 Å². The van der Waals surface area contributed by atoms with E-state index in [0.717, 1.165) is 36.1 Å². The van der Waals surface area contributed by atoms with Gasteiger partial charge in [-0.15, -0.1) is 0 Å². The number of aromatic nitrogens is 2. The highest BCUT2D eigenvalue weighted by atomic mass is 16.1. The molecule has 0 spiro atoms. The number of fused-ring (bicyclic) bond motifs is 1. The molecule has 0 fully saturated rings. The molecule has 1 aromatic heterocycles. The summed E-state index contributed by atoms with van der Waals surface area (Å²) in [4.78, 5) is 16.1. The molecule has 0 aliphatic heterocycles. The number of aryl methyl sites for hydroxylation is 1. The van der Waals surface area contributed by atoms with E-state index in [0.29, 0.717) is 13.1 Å². The predicted octanol–water partition coefficient (Wildman–Crippen LogP) is 1.67. The van der Waals surface area contributed by atoms with Gasteiger partial charge in [0.2, 0.25) is 0 Å². The first kappa shape index (κ1) is 17.3. The van der Waals surface area contributed by atoms with E-state index < -0.39 is 0 Å². The predicted molar refractivity (Wildman–Crippen MR) is 88.6 cm³/mol. The quantitative estimate of drug-likeness (QED) is 0.794. The van der Waals surface area contributed by atoms with Crippen LogP contribution in [0.15, 0.2) is 29.2 Å². The van der Waals surface area contributed by atoms with Gasteiger partial charge >= 0.3 is 0 Å². The Hall–Kier alpha value is -1.72. The number of nitrogens with one attached hydrogen (secondary N) is 1. The minimum absolute atomic E-state index is 0.0567. The highest BCUT2D eigenvalue weighted by Gasteiger charge is 2.04. The van der Waals surface area contributed by atoms with E-state index in [1.165, 1.54) is 6.20 Å². The molecule has 0 saturated carbocycles. The Morgan fingerprint density at radius 1 is 1.29 bits per heavy atom. The van der Waals surface area contributed by atoms with Gasteiger partial charge in [-0.3, -0.25) is 4.79 Å². The molecule has 0 aliphatic carbocycles. The number of rotatable bonds is 6. The summed E-state index contributed by atoms with van der Waals surface area (Å²) in [5.41, 5.74) is 8.26. The fourth-order valence-corrected chi connectivity index (χ4v) is 2.05. The number of nitrogens with zero attached hydrogens (tertiary/aromatic N) is 2. The maximum atomic E-state index is 11.9. The zero-order valence-corrected chi connectivity index (χ0v) is 13.2. The minimum Gasteiger partial charge on any atom is -0.330 e. The summed E-state index contributed by atoms with van der Waals surface area (Å²) in [7, 11) is 0. The van der Waals surface area contributed by atoms with Crippen molar-refractivity contribution in [3.63, 3.8) is 0 Å². The highest BCUT2D eigenvalue weighted by Crippen LogP contribution is 2.11. The van der Waals surface area contributed by atoms with Gasteiger partial charge in [0, 0.05) is 13.1 Å². The fraction of sp³-hybridized carbons (Fsp3) is 0.500. The van der Waals surface area contributed by atoms with Gasteiger partial charge < -0.3 is 15.6 Å². The van der Waals surface area contributed by atoms with Gasteiger partial charge in [0.25, 0.3) is 5.56 Å². The summed E-state index contributed by atoms with van der Waals surface area (Å²) in [6.07, 6.45) is 2.34. The van der Waals surface area contributed by atoms with Crippen LogP contribution in [0.4, 0.5) is 0 Å². The number of hydrogen-bond donors (Lipinski definition) is 2. The maximum Gasteiger partial charge on any atom is 0.269 e. The monoisotopic (exact) mass is 290 g/mol. The minimum atomic E-state index is -0.0567. The van der Waals surface area contributed by atoms with E-state index in [-0.39, 0.29) is 5.56 Å².